The van der Waals surface area contributed by atoms with Crippen molar-refractivity contribution >= 4 is 34.6 Å². The lowest BCUT2D eigenvalue weighted by Crippen LogP contribution is -2.24. The summed E-state index contributed by atoms with van der Waals surface area (Å²) in [6.07, 6.45) is 1.94. The van der Waals surface area contributed by atoms with E-state index >= 15 is 0 Å². The van der Waals surface area contributed by atoms with E-state index < -0.39 is 0 Å². The van der Waals surface area contributed by atoms with E-state index in [1.54, 1.807) is 7.05 Å². The Morgan fingerprint density at radius 2 is 1.07 bits per heavy atom. The number of rotatable bonds is 2. The zero-order valence-corrected chi connectivity index (χ0v) is 16.8. The van der Waals surface area contributed by atoms with Crippen LogP contribution in [0, 0.1) is 0 Å². The zero-order valence-electron chi connectivity index (χ0n) is 16.8. The summed E-state index contributed by atoms with van der Waals surface area (Å²) in [4.78, 5) is 31.3. The van der Waals surface area contributed by atoms with Gasteiger partial charge in [-0.05, 0) is 48.2 Å². The second-order valence-corrected chi connectivity index (χ2v) is 8.12. The van der Waals surface area contributed by atoms with Gasteiger partial charge in [-0.25, -0.2) is 0 Å². The Kier molecular flexibility index (Phi) is 3.57. The van der Waals surface area contributed by atoms with Crippen LogP contribution in [0.15, 0.2) is 60.7 Å². The van der Waals surface area contributed by atoms with E-state index in [0.717, 1.165) is 37.3 Å². The first-order valence-electron chi connectivity index (χ1n) is 10.3. The molecule has 3 aromatic carbocycles. The summed E-state index contributed by atoms with van der Waals surface area (Å²) in [7, 11) is 1.56. The second kappa shape index (κ2) is 6.20. The van der Waals surface area contributed by atoms with E-state index in [1.165, 1.54) is 27.4 Å². The molecule has 30 heavy (non-hydrogen) atoms. The largest absolute Gasteiger partial charge is 0.339 e. The average Bonchev–Trinajstić information content (AvgIpc) is 3.45. The third kappa shape index (κ3) is 2.29. The minimum Gasteiger partial charge on any atom is -0.339 e. The molecule has 148 valence electrons. The molecule has 0 unspecified atom stereocenters. The van der Waals surface area contributed by atoms with Crippen molar-refractivity contribution in [1.29, 1.82) is 0 Å². The number of amides is 2. The molecule has 5 heteroatoms. The quantitative estimate of drug-likeness (QED) is 0.607. The number of benzene rings is 3. The molecule has 0 aliphatic carbocycles. The summed E-state index contributed by atoms with van der Waals surface area (Å²) >= 11 is 0. The smallest absolute Gasteiger partial charge is 0.261 e. The molecule has 0 spiro atoms. The van der Waals surface area contributed by atoms with E-state index in [1.807, 2.05) is 12.1 Å². The van der Waals surface area contributed by atoms with Gasteiger partial charge in [0.25, 0.3) is 11.8 Å². The molecule has 3 heterocycles. The fourth-order valence-corrected chi connectivity index (χ4v) is 4.99. The van der Waals surface area contributed by atoms with Crippen LogP contribution in [0.3, 0.4) is 0 Å². The van der Waals surface area contributed by atoms with Gasteiger partial charge in [0.1, 0.15) is 0 Å². The highest BCUT2D eigenvalue weighted by Gasteiger charge is 2.37. The molecule has 3 aliphatic rings. The lowest BCUT2D eigenvalue weighted by molar-refractivity contribution is 0.0693. The van der Waals surface area contributed by atoms with Crippen LogP contribution >= 0.6 is 0 Å². The highest BCUT2D eigenvalue weighted by Crippen LogP contribution is 2.46. The van der Waals surface area contributed by atoms with Crippen molar-refractivity contribution < 1.29 is 9.59 Å². The third-order valence-electron chi connectivity index (χ3n) is 6.54. The SMILES string of the molecule is CN1C(=O)c2cc(N3CCc4ccccc43)c(N3CCc4ccccc43)cc2C1=O. The maximum absolute atomic E-state index is 12.7. The summed E-state index contributed by atoms with van der Waals surface area (Å²) in [5.74, 6) is -0.450. The molecule has 0 N–H and O–H groups in total. The Balaban J connectivity index is 1.58. The Bertz CT molecular complexity index is 1140. The summed E-state index contributed by atoms with van der Waals surface area (Å²) in [6.45, 7) is 1.72. The molecular weight excluding hydrogens is 374 g/mol. The normalized spacial score (nSPS) is 16.9. The van der Waals surface area contributed by atoms with Crippen LogP contribution < -0.4 is 9.80 Å². The van der Waals surface area contributed by atoms with Crippen LogP contribution in [-0.2, 0) is 12.8 Å². The van der Waals surface area contributed by atoms with Crippen LogP contribution in [-0.4, -0.2) is 36.9 Å². The number of carbonyl (C=O) groups is 2. The number of fused-ring (bicyclic) bond motifs is 3. The Morgan fingerprint density at radius 3 is 1.53 bits per heavy atom. The summed E-state index contributed by atoms with van der Waals surface area (Å²) in [5, 5.41) is 0. The molecule has 0 radical (unpaired) electrons. The maximum Gasteiger partial charge on any atom is 0.261 e. The first-order valence-corrected chi connectivity index (χ1v) is 10.3. The van der Waals surface area contributed by atoms with Crippen molar-refractivity contribution in [3.63, 3.8) is 0 Å². The number of carbonyl (C=O) groups excluding carboxylic acids is 2. The molecule has 0 atom stereocenters. The fraction of sp³-hybridized carbons (Fsp3) is 0.200. The number of imide groups is 1. The molecular formula is C25H21N3O2. The van der Waals surface area contributed by atoms with Crippen LogP contribution in [0.25, 0.3) is 0 Å². The lowest BCUT2D eigenvalue weighted by atomic mass is 10.0. The van der Waals surface area contributed by atoms with E-state index in [2.05, 4.69) is 58.3 Å². The predicted molar refractivity (Wildman–Crippen MR) is 117 cm³/mol. The van der Waals surface area contributed by atoms with E-state index in [0.29, 0.717) is 11.1 Å². The van der Waals surface area contributed by atoms with Gasteiger partial charge < -0.3 is 9.80 Å². The molecule has 5 nitrogen and oxygen atoms in total. The summed E-state index contributed by atoms with van der Waals surface area (Å²) < 4.78 is 0. The van der Waals surface area contributed by atoms with Crippen molar-refractivity contribution in [1.82, 2.24) is 4.90 Å². The van der Waals surface area contributed by atoms with Gasteiger partial charge in [0.05, 0.1) is 22.5 Å². The molecule has 0 bridgehead atoms. The summed E-state index contributed by atoms with van der Waals surface area (Å²) in [6, 6.07) is 20.7. The van der Waals surface area contributed by atoms with Crippen molar-refractivity contribution in [2.24, 2.45) is 0 Å². The third-order valence-corrected chi connectivity index (χ3v) is 6.54. The van der Waals surface area contributed by atoms with Crippen LogP contribution in [0.2, 0.25) is 0 Å². The van der Waals surface area contributed by atoms with Crippen LogP contribution in [0.1, 0.15) is 31.8 Å². The Hall–Kier alpha value is -3.60. The number of para-hydroxylation sites is 2. The Labute approximate surface area is 175 Å². The number of nitrogens with zero attached hydrogens (tertiary/aromatic N) is 3. The highest BCUT2D eigenvalue weighted by atomic mass is 16.2. The monoisotopic (exact) mass is 395 g/mol. The van der Waals surface area contributed by atoms with Gasteiger partial charge in [-0.3, -0.25) is 14.5 Å². The van der Waals surface area contributed by atoms with E-state index in [-0.39, 0.29) is 11.8 Å². The van der Waals surface area contributed by atoms with Gasteiger partial charge in [0.2, 0.25) is 0 Å². The van der Waals surface area contributed by atoms with Gasteiger partial charge in [-0.1, -0.05) is 36.4 Å². The molecule has 6 rings (SSSR count). The molecule has 3 aromatic rings. The van der Waals surface area contributed by atoms with Crippen molar-refractivity contribution in [3.05, 3.63) is 82.9 Å². The number of hydrogen-bond donors (Lipinski definition) is 0. The van der Waals surface area contributed by atoms with Crippen molar-refractivity contribution in [3.8, 4) is 0 Å². The van der Waals surface area contributed by atoms with E-state index in [4.69, 9.17) is 0 Å². The number of anilines is 4. The molecule has 3 aliphatic heterocycles. The van der Waals surface area contributed by atoms with Crippen molar-refractivity contribution in [2.75, 3.05) is 29.9 Å². The first kappa shape index (κ1) is 17.3. The minimum atomic E-state index is -0.225. The first-order chi connectivity index (χ1) is 14.6. The topological polar surface area (TPSA) is 43.9 Å². The fourth-order valence-electron chi connectivity index (χ4n) is 4.99. The van der Waals surface area contributed by atoms with Gasteiger partial charge in [0.15, 0.2) is 0 Å². The molecule has 0 saturated heterocycles. The highest BCUT2D eigenvalue weighted by molar-refractivity contribution is 6.22. The van der Waals surface area contributed by atoms with E-state index in [9.17, 15) is 9.59 Å². The van der Waals surface area contributed by atoms with Gasteiger partial charge >= 0.3 is 0 Å². The minimum absolute atomic E-state index is 0.225. The second-order valence-electron chi connectivity index (χ2n) is 8.12. The predicted octanol–water partition coefficient (Wildman–Crippen LogP) is 4.30. The molecule has 0 fully saturated rings. The molecule has 2 amide bonds. The van der Waals surface area contributed by atoms with Crippen LogP contribution in [0.4, 0.5) is 22.7 Å². The van der Waals surface area contributed by atoms with Crippen LogP contribution in [0.5, 0.6) is 0 Å². The molecule has 0 saturated carbocycles. The zero-order chi connectivity index (χ0) is 20.4. The Morgan fingerprint density at radius 1 is 0.633 bits per heavy atom. The standard InChI is InChI=1S/C25H21N3O2/c1-26-24(29)18-14-22(27-12-10-16-6-2-4-8-20(16)27)23(15-19(18)25(26)30)28-13-11-17-7-3-5-9-21(17)28/h2-9,14-15H,10-13H2,1H3. The number of hydrogen-bond acceptors (Lipinski definition) is 4. The maximum atomic E-state index is 12.7. The van der Waals surface area contributed by atoms with Gasteiger partial charge in [-0.2, -0.15) is 0 Å². The van der Waals surface area contributed by atoms with Gasteiger partial charge in [0, 0.05) is 31.5 Å². The molecule has 0 aromatic heterocycles. The lowest BCUT2D eigenvalue weighted by Gasteiger charge is -2.29. The van der Waals surface area contributed by atoms with Crippen molar-refractivity contribution in [2.45, 2.75) is 12.8 Å². The summed E-state index contributed by atoms with van der Waals surface area (Å²) in [5.41, 5.74) is 7.96. The average molecular weight is 395 g/mol. The van der Waals surface area contributed by atoms with Gasteiger partial charge in [-0.15, -0.1) is 0 Å².